The molecule has 0 radical (unpaired) electrons. The Labute approximate surface area is 304 Å². The van der Waals surface area contributed by atoms with E-state index in [-0.39, 0.29) is 5.41 Å². The smallest absolute Gasteiger partial charge is 0.00264 e. The summed E-state index contributed by atoms with van der Waals surface area (Å²) < 4.78 is 0. The van der Waals surface area contributed by atoms with E-state index >= 15 is 0 Å². The lowest BCUT2D eigenvalue weighted by molar-refractivity contribution is 0.601. The standard InChI is InChI=1S/C52H38/c1-52(2,3)51-47-23-13-12-22-45(47)50(37-25-24-33-14-4-5-15-34(33)30-37)46-27-26-36(32-49(46)51)39-28-29-44(42-20-10-8-19-41(39)42)48-31-35-16-6-7-17-38(35)40-18-9-11-21-43(40)48/h4-32H,1-3H3. The summed E-state index contributed by atoms with van der Waals surface area (Å²) >= 11 is 0. The van der Waals surface area contributed by atoms with Crippen molar-refractivity contribution in [1.82, 2.24) is 0 Å². The summed E-state index contributed by atoms with van der Waals surface area (Å²) in [6, 6.07) is 65.5. The van der Waals surface area contributed by atoms with Gasteiger partial charge in [0.15, 0.2) is 0 Å². The van der Waals surface area contributed by atoms with Gasteiger partial charge in [-0.15, -0.1) is 0 Å². The lowest BCUT2D eigenvalue weighted by Gasteiger charge is -2.27. The van der Waals surface area contributed by atoms with Crippen LogP contribution in [-0.4, -0.2) is 0 Å². The van der Waals surface area contributed by atoms with Crippen LogP contribution in [0.3, 0.4) is 0 Å². The zero-order valence-corrected chi connectivity index (χ0v) is 29.7. The summed E-state index contributed by atoms with van der Waals surface area (Å²) in [7, 11) is 0. The van der Waals surface area contributed by atoms with Crippen molar-refractivity contribution < 1.29 is 0 Å². The van der Waals surface area contributed by atoms with Crippen molar-refractivity contribution in [3.8, 4) is 33.4 Å². The molecule has 0 heteroatoms. The van der Waals surface area contributed by atoms with Crippen molar-refractivity contribution >= 4 is 64.6 Å². The van der Waals surface area contributed by atoms with Crippen LogP contribution in [0.2, 0.25) is 0 Å². The Kier molecular flexibility index (Phi) is 6.85. The summed E-state index contributed by atoms with van der Waals surface area (Å²) in [6.07, 6.45) is 0. The van der Waals surface area contributed by atoms with Gasteiger partial charge in [0.2, 0.25) is 0 Å². The zero-order chi connectivity index (χ0) is 35.0. The molecular formula is C52H38. The molecule has 0 unspecified atom stereocenters. The van der Waals surface area contributed by atoms with Gasteiger partial charge in [-0.2, -0.15) is 0 Å². The molecule has 0 aliphatic rings. The van der Waals surface area contributed by atoms with Gasteiger partial charge in [-0.25, -0.2) is 0 Å². The van der Waals surface area contributed by atoms with Gasteiger partial charge in [0.1, 0.15) is 0 Å². The lowest BCUT2D eigenvalue weighted by atomic mass is 9.77. The van der Waals surface area contributed by atoms with E-state index in [2.05, 4.69) is 197 Å². The molecule has 0 aromatic heterocycles. The maximum absolute atomic E-state index is 2.47. The van der Waals surface area contributed by atoms with Crippen LogP contribution < -0.4 is 0 Å². The number of rotatable bonds is 3. The van der Waals surface area contributed by atoms with Crippen LogP contribution in [0.1, 0.15) is 26.3 Å². The number of hydrogen-bond donors (Lipinski definition) is 0. The highest BCUT2D eigenvalue weighted by Gasteiger charge is 2.24. The number of fused-ring (bicyclic) bond motifs is 7. The Bertz CT molecular complexity index is 3040. The fourth-order valence-electron chi connectivity index (χ4n) is 8.87. The van der Waals surface area contributed by atoms with Crippen molar-refractivity contribution in [3.63, 3.8) is 0 Å². The molecule has 10 aromatic carbocycles. The molecule has 10 rings (SSSR count). The Morgan fingerprint density at radius 3 is 1.54 bits per heavy atom. The molecule has 0 atom stereocenters. The third-order valence-corrected chi connectivity index (χ3v) is 11.1. The van der Waals surface area contributed by atoms with E-state index in [9.17, 15) is 0 Å². The first kappa shape index (κ1) is 30.6. The normalized spacial score (nSPS) is 12.1. The first-order valence-electron chi connectivity index (χ1n) is 18.4. The predicted molar refractivity (Wildman–Crippen MR) is 226 cm³/mol. The quantitative estimate of drug-likeness (QED) is 0.130. The van der Waals surface area contributed by atoms with E-state index in [1.165, 1.54) is 104 Å². The van der Waals surface area contributed by atoms with Crippen LogP contribution >= 0.6 is 0 Å². The van der Waals surface area contributed by atoms with Crippen LogP contribution in [0.15, 0.2) is 176 Å². The minimum atomic E-state index is -0.0680. The molecule has 0 spiro atoms. The summed E-state index contributed by atoms with van der Waals surface area (Å²) in [4.78, 5) is 0. The SMILES string of the molecule is CC(C)(C)c1c2ccccc2c(-c2ccc3ccccc3c2)c2ccc(-c3ccc(-c4cc5ccccc5c5ccccc45)c4ccccc34)cc12. The monoisotopic (exact) mass is 662 g/mol. The zero-order valence-electron chi connectivity index (χ0n) is 29.7. The second-order valence-corrected chi connectivity index (χ2v) is 15.3. The van der Waals surface area contributed by atoms with E-state index in [1.807, 2.05) is 0 Å². The van der Waals surface area contributed by atoms with Crippen molar-refractivity contribution in [3.05, 3.63) is 181 Å². The molecular weight excluding hydrogens is 625 g/mol. The molecule has 52 heavy (non-hydrogen) atoms. The molecule has 0 saturated carbocycles. The molecule has 0 amide bonds. The van der Waals surface area contributed by atoms with Gasteiger partial charge in [-0.05, 0) is 127 Å². The van der Waals surface area contributed by atoms with E-state index in [0.717, 1.165) is 0 Å². The first-order valence-corrected chi connectivity index (χ1v) is 18.4. The summed E-state index contributed by atoms with van der Waals surface area (Å²) in [6.45, 7) is 7.07. The van der Waals surface area contributed by atoms with Crippen molar-refractivity contribution in [2.24, 2.45) is 0 Å². The van der Waals surface area contributed by atoms with E-state index in [4.69, 9.17) is 0 Å². The number of benzene rings is 10. The van der Waals surface area contributed by atoms with Crippen LogP contribution in [0.25, 0.3) is 98.0 Å². The highest BCUT2D eigenvalue weighted by atomic mass is 14.3. The minimum Gasteiger partial charge on any atom is -0.0616 e. The minimum absolute atomic E-state index is 0.0680. The predicted octanol–water partition coefficient (Wildman–Crippen LogP) is 14.9. The topological polar surface area (TPSA) is 0 Å². The second kappa shape index (κ2) is 11.7. The van der Waals surface area contributed by atoms with Gasteiger partial charge in [0.25, 0.3) is 0 Å². The average molecular weight is 663 g/mol. The van der Waals surface area contributed by atoms with Crippen LogP contribution in [0.5, 0.6) is 0 Å². The fraction of sp³-hybridized carbons (Fsp3) is 0.0769. The van der Waals surface area contributed by atoms with Crippen molar-refractivity contribution in [2.75, 3.05) is 0 Å². The maximum Gasteiger partial charge on any atom is -0.00264 e. The Balaban J connectivity index is 1.24. The largest absolute Gasteiger partial charge is 0.0616 e. The van der Waals surface area contributed by atoms with Crippen molar-refractivity contribution in [1.29, 1.82) is 0 Å². The average Bonchev–Trinajstić information content (AvgIpc) is 3.18. The lowest BCUT2D eigenvalue weighted by Crippen LogP contribution is -2.13. The van der Waals surface area contributed by atoms with Gasteiger partial charge in [-0.3, -0.25) is 0 Å². The molecule has 10 aromatic rings. The Morgan fingerprint density at radius 1 is 0.288 bits per heavy atom. The Morgan fingerprint density at radius 2 is 0.808 bits per heavy atom. The molecule has 0 fully saturated rings. The number of hydrogen-bond acceptors (Lipinski definition) is 0. The molecule has 0 aliphatic heterocycles. The van der Waals surface area contributed by atoms with Gasteiger partial charge in [0.05, 0.1) is 0 Å². The highest BCUT2D eigenvalue weighted by molar-refractivity contribution is 6.19. The van der Waals surface area contributed by atoms with Gasteiger partial charge < -0.3 is 0 Å². The highest BCUT2D eigenvalue weighted by Crippen LogP contribution is 2.46. The van der Waals surface area contributed by atoms with E-state index in [0.29, 0.717) is 0 Å². The van der Waals surface area contributed by atoms with Gasteiger partial charge in [0, 0.05) is 0 Å². The fourth-order valence-corrected chi connectivity index (χ4v) is 8.87. The van der Waals surface area contributed by atoms with Gasteiger partial charge in [-0.1, -0.05) is 178 Å². The van der Waals surface area contributed by atoms with Crippen LogP contribution in [0.4, 0.5) is 0 Å². The third kappa shape index (κ3) is 4.75. The summed E-state index contributed by atoms with van der Waals surface area (Å²) in [5, 5.41) is 15.5. The molecule has 0 saturated heterocycles. The van der Waals surface area contributed by atoms with Crippen LogP contribution in [-0.2, 0) is 5.41 Å². The van der Waals surface area contributed by atoms with E-state index in [1.54, 1.807) is 0 Å². The second-order valence-electron chi connectivity index (χ2n) is 15.3. The van der Waals surface area contributed by atoms with E-state index < -0.39 is 0 Å². The maximum atomic E-state index is 2.47. The first-order chi connectivity index (χ1) is 25.4. The molecule has 0 bridgehead atoms. The molecule has 0 nitrogen and oxygen atoms in total. The summed E-state index contributed by atoms with van der Waals surface area (Å²) in [5.41, 5.74) is 8.93. The Hall–Kier alpha value is -6.24. The molecule has 0 aliphatic carbocycles. The van der Waals surface area contributed by atoms with Crippen LogP contribution in [0, 0.1) is 0 Å². The van der Waals surface area contributed by atoms with Crippen molar-refractivity contribution in [2.45, 2.75) is 26.2 Å². The summed E-state index contributed by atoms with van der Waals surface area (Å²) in [5.74, 6) is 0. The molecule has 0 heterocycles. The van der Waals surface area contributed by atoms with Gasteiger partial charge >= 0.3 is 0 Å². The molecule has 0 N–H and O–H groups in total. The third-order valence-electron chi connectivity index (χ3n) is 11.1. The molecule has 246 valence electrons.